The summed E-state index contributed by atoms with van der Waals surface area (Å²) in [5, 5.41) is 33.3. The van der Waals surface area contributed by atoms with Crippen LogP contribution >= 0.6 is 11.8 Å². The number of carboxylic acid groups (broad SMARTS) is 1. The number of rotatable bonds is 13. The van der Waals surface area contributed by atoms with Crippen molar-refractivity contribution in [2.75, 3.05) is 29.1 Å². The van der Waals surface area contributed by atoms with Crippen molar-refractivity contribution in [1.29, 1.82) is 0 Å². The average Bonchev–Trinajstić information content (AvgIpc) is 3.55. The zero-order valence-corrected chi connectivity index (χ0v) is 26.1. The summed E-state index contributed by atoms with van der Waals surface area (Å²) < 4.78 is 3.15. The first-order valence-corrected chi connectivity index (χ1v) is 14.9. The standard InChI is InChI=1S/C25H33N11O9S/c1-5-6-28-24(42)29-13-9-35(34(4)17(13)26)8-11-10-46-20-12(19(38)36(20)16(11)21(39)40)7-14(37)15(18-30-23(27)32-31-18)33-45-25(2,3)22(41)44-43/h9,12,20,26H,5-8,10H2,1-4H3,(H7,27,28,29,30,31,32,33,37,39,40,42,43)/p+1/t12-,20-/m1/s1. The number of β-lactam (4-membered cyclic amide) rings is 1. The fraction of sp³-hybridized carbons (Fsp3) is 0.480. The molecule has 0 spiro atoms. The molecule has 0 aliphatic carbocycles. The number of nitrogens with one attached hydrogen (secondary N) is 3. The minimum Gasteiger partial charge on any atom is -0.477 e. The van der Waals surface area contributed by atoms with Gasteiger partial charge in [0, 0.05) is 24.3 Å². The van der Waals surface area contributed by atoms with Gasteiger partial charge < -0.3 is 26.7 Å². The number of thioether (sulfide) groups is 1. The molecule has 21 heteroatoms. The molecular weight excluding hydrogens is 630 g/mol. The largest absolute Gasteiger partial charge is 0.477 e. The first-order chi connectivity index (χ1) is 21.7. The molecule has 3 amide bonds. The number of carbonyl (C=O) groups excluding carboxylic acids is 4. The van der Waals surface area contributed by atoms with Crippen LogP contribution in [0.3, 0.4) is 0 Å². The van der Waals surface area contributed by atoms with E-state index in [2.05, 4.69) is 35.9 Å². The number of Topliss-reactive ketones (excluding diaryl/α,β-unsaturated/α-hetero) is 1. The smallest absolute Gasteiger partial charge is 0.387 e. The molecule has 2 aliphatic rings. The van der Waals surface area contributed by atoms with Crippen LogP contribution in [0.5, 0.6) is 0 Å². The number of H-pyrrole nitrogens is 1. The minimum atomic E-state index is -1.81. The zero-order chi connectivity index (χ0) is 33.9. The Kier molecular flexibility index (Phi) is 9.85. The number of nitrogens with two attached hydrogens (primary N) is 2. The maximum Gasteiger partial charge on any atom is 0.387 e. The summed E-state index contributed by atoms with van der Waals surface area (Å²) in [4.78, 5) is 76.9. The van der Waals surface area contributed by atoms with Crippen LogP contribution in [-0.4, -0.2) is 93.8 Å². The van der Waals surface area contributed by atoms with Crippen LogP contribution in [0.1, 0.15) is 39.4 Å². The van der Waals surface area contributed by atoms with Crippen molar-refractivity contribution in [3.8, 4) is 0 Å². The molecule has 2 aliphatic heterocycles. The molecule has 0 radical (unpaired) electrons. The highest BCUT2D eigenvalue weighted by Gasteiger charge is 2.54. The second-order valence-corrected chi connectivity index (χ2v) is 11.9. The van der Waals surface area contributed by atoms with Gasteiger partial charge in [-0.3, -0.25) is 29.8 Å². The molecule has 20 nitrogen and oxygen atoms in total. The number of nitrogen functional groups attached to an aromatic ring is 2. The van der Waals surface area contributed by atoms with E-state index in [-0.39, 0.29) is 35.6 Å². The summed E-state index contributed by atoms with van der Waals surface area (Å²) in [6.07, 6.45) is 1.89. The highest BCUT2D eigenvalue weighted by molar-refractivity contribution is 8.00. The monoisotopic (exact) mass is 664 g/mol. The van der Waals surface area contributed by atoms with Gasteiger partial charge in [-0.1, -0.05) is 12.1 Å². The molecule has 4 rings (SSSR count). The molecular formula is C25H34N11O9S+. The summed E-state index contributed by atoms with van der Waals surface area (Å²) in [6, 6.07) is -0.442. The minimum absolute atomic E-state index is 0.0425. The lowest BCUT2D eigenvalue weighted by molar-refractivity contribution is -0.765. The third kappa shape index (κ3) is 6.73. The third-order valence-electron chi connectivity index (χ3n) is 7.12. The summed E-state index contributed by atoms with van der Waals surface area (Å²) in [5.41, 5.74) is 9.96. The number of ketones is 1. The average molecular weight is 665 g/mol. The second-order valence-electron chi connectivity index (χ2n) is 10.8. The third-order valence-corrected chi connectivity index (χ3v) is 8.52. The first kappa shape index (κ1) is 33.7. The molecule has 0 bridgehead atoms. The number of hydrogen-bond donors (Lipinski definition) is 7. The number of aromatic amines is 1. The molecule has 0 aromatic carbocycles. The topological polar surface area (TPSA) is 286 Å². The molecule has 2 aromatic heterocycles. The summed E-state index contributed by atoms with van der Waals surface area (Å²) in [6.45, 7) is 4.87. The van der Waals surface area contributed by atoms with Gasteiger partial charge in [-0.15, -0.1) is 26.2 Å². The van der Waals surface area contributed by atoms with Gasteiger partial charge in [0.15, 0.2) is 35.4 Å². The van der Waals surface area contributed by atoms with Gasteiger partial charge in [-0.05, 0) is 20.3 Å². The summed E-state index contributed by atoms with van der Waals surface area (Å²) >= 11 is 1.27. The zero-order valence-electron chi connectivity index (χ0n) is 25.3. The van der Waals surface area contributed by atoms with Crippen LogP contribution in [0.15, 0.2) is 22.6 Å². The normalized spacial score (nSPS) is 18.1. The number of amides is 3. The molecule has 4 heterocycles. The van der Waals surface area contributed by atoms with E-state index < -0.39 is 58.7 Å². The Balaban J connectivity index is 1.54. The van der Waals surface area contributed by atoms with Crippen LogP contribution in [0, 0.1) is 5.92 Å². The highest BCUT2D eigenvalue weighted by Crippen LogP contribution is 2.45. The number of anilines is 3. The fourth-order valence-electron chi connectivity index (χ4n) is 4.61. The lowest BCUT2D eigenvalue weighted by atomic mass is 9.89. The van der Waals surface area contributed by atoms with E-state index in [9.17, 15) is 29.1 Å². The van der Waals surface area contributed by atoms with Crippen molar-refractivity contribution >= 4 is 64.6 Å². The van der Waals surface area contributed by atoms with Crippen LogP contribution in [0.2, 0.25) is 0 Å². The molecule has 1 fully saturated rings. The van der Waals surface area contributed by atoms with Gasteiger partial charge in [0.2, 0.25) is 23.7 Å². The Bertz CT molecular complexity index is 1630. The van der Waals surface area contributed by atoms with Crippen molar-refractivity contribution in [3.05, 3.63) is 23.3 Å². The van der Waals surface area contributed by atoms with Crippen LogP contribution in [-0.2, 0) is 42.5 Å². The van der Waals surface area contributed by atoms with E-state index >= 15 is 0 Å². The van der Waals surface area contributed by atoms with Gasteiger partial charge in [-0.25, -0.2) is 14.4 Å². The van der Waals surface area contributed by atoms with Gasteiger partial charge in [0.05, 0.1) is 18.3 Å². The Morgan fingerprint density at radius 2 is 2.02 bits per heavy atom. The van der Waals surface area contributed by atoms with Crippen LogP contribution in [0.25, 0.3) is 0 Å². The van der Waals surface area contributed by atoms with E-state index in [0.29, 0.717) is 17.8 Å². The molecule has 1 saturated heterocycles. The molecule has 248 valence electrons. The maximum absolute atomic E-state index is 13.4. The fourth-order valence-corrected chi connectivity index (χ4v) is 6.02. The van der Waals surface area contributed by atoms with Crippen molar-refractivity contribution in [2.45, 2.75) is 51.1 Å². The lowest BCUT2D eigenvalue weighted by Gasteiger charge is -2.49. The maximum atomic E-state index is 13.4. The van der Waals surface area contributed by atoms with Crippen molar-refractivity contribution < 1.29 is 48.7 Å². The van der Waals surface area contributed by atoms with Gasteiger partial charge >= 0.3 is 18.0 Å². The van der Waals surface area contributed by atoms with E-state index in [1.165, 1.54) is 25.6 Å². The molecule has 2 atom stereocenters. The Labute approximate surface area is 265 Å². The lowest BCUT2D eigenvalue weighted by Crippen LogP contribution is -2.62. The van der Waals surface area contributed by atoms with Gasteiger partial charge in [0.25, 0.3) is 0 Å². The highest BCUT2D eigenvalue weighted by atomic mass is 32.2. The summed E-state index contributed by atoms with van der Waals surface area (Å²) in [7, 11) is 1.64. The van der Waals surface area contributed by atoms with E-state index in [0.717, 1.165) is 11.3 Å². The van der Waals surface area contributed by atoms with Crippen LogP contribution < -0.4 is 26.8 Å². The van der Waals surface area contributed by atoms with Gasteiger partial charge in [-0.2, -0.15) is 10.2 Å². The Morgan fingerprint density at radius 1 is 1.30 bits per heavy atom. The predicted molar refractivity (Wildman–Crippen MR) is 159 cm³/mol. The molecule has 0 saturated carbocycles. The number of fused-ring (bicyclic) bond motifs is 1. The number of aromatic nitrogens is 5. The number of carbonyl (C=O) groups is 5. The molecule has 0 unspecified atom stereocenters. The quantitative estimate of drug-likeness (QED) is 0.0452. The number of carboxylic acids is 1. The molecule has 46 heavy (non-hydrogen) atoms. The number of nitrogens with zero attached hydrogens (tertiary/aromatic N) is 6. The second kappa shape index (κ2) is 13.4. The van der Waals surface area contributed by atoms with E-state index in [4.69, 9.17) is 21.6 Å². The van der Waals surface area contributed by atoms with Gasteiger partial charge in [0.1, 0.15) is 5.70 Å². The van der Waals surface area contributed by atoms with Crippen molar-refractivity contribution in [1.82, 2.24) is 30.1 Å². The number of hydrogen-bond acceptors (Lipinski definition) is 14. The number of urea groups is 1. The summed E-state index contributed by atoms with van der Waals surface area (Å²) in [5.74, 6) is -4.79. The van der Waals surface area contributed by atoms with E-state index in [1.54, 1.807) is 22.6 Å². The number of oxime groups is 1. The Hall–Kier alpha value is -5.18. The number of aliphatic carboxylic acids is 1. The predicted octanol–water partition coefficient (Wildman–Crippen LogP) is -0.828. The SMILES string of the molecule is CCCNC(=O)Nc1c[n+](CC2=C(C(=O)O)N3C(=O)[C@@H](CC(=O)/C(=N\OC(C)(C)C(=O)OO)c4nc(N)n[nH]4)[C@H]3SC2)n(C)c1N. The first-order valence-electron chi connectivity index (χ1n) is 13.8. The molecule has 2 aromatic rings. The van der Waals surface area contributed by atoms with Crippen molar-refractivity contribution in [3.63, 3.8) is 0 Å². The van der Waals surface area contributed by atoms with E-state index in [1.807, 2.05) is 6.92 Å². The van der Waals surface area contributed by atoms with Crippen LogP contribution in [0.4, 0.5) is 22.2 Å². The Morgan fingerprint density at radius 3 is 2.63 bits per heavy atom. The van der Waals surface area contributed by atoms with Crippen molar-refractivity contribution in [2.24, 2.45) is 18.1 Å². The molecule has 9 N–H and O–H groups in total.